The minimum absolute atomic E-state index is 0.0989. The number of nitrogens with one attached hydrogen (secondary N) is 1. The molecule has 1 atom stereocenters. The van der Waals surface area contributed by atoms with Crippen molar-refractivity contribution in [1.82, 2.24) is 4.90 Å². The largest absolute Gasteiger partial charge is 0.395 e. The second kappa shape index (κ2) is 7.40. The fourth-order valence-electron chi connectivity index (χ4n) is 3.08. The molecule has 1 aliphatic heterocycles. The van der Waals surface area contributed by atoms with Crippen molar-refractivity contribution >= 4 is 11.6 Å². The second-order valence-electron chi connectivity index (χ2n) is 5.97. The number of likely N-dealkylation sites (tertiary alicyclic amines) is 1. The third-order valence-corrected chi connectivity index (χ3v) is 4.32. The Morgan fingerprint density at radius 1 is 1.17 bits per heavy atom. The van der Waals surface area contributed by atoms with Crippen LogP contribution in [0.15, 0.2) is 54.6 Å². The van der Waals surface area contributed by atoms with Crippen molar-refractivity contribution in [3.8, 4) is 0 Å². The number of carbonyl (C=O) groups is 1. The summed E-state index contributed by atoms with van der Waals surface area (Å²) in [7, 11) is 0. The van der Waals surface area contributed by atoms with E-state index in [1.807, 2.05) is 54.6 Å². The van der Waals surface area contributed by atoms with Gasteiger partial charge in [-0.25, -0.2) is 0 Å². The van der Waals surface area contributed by atoms with Gasteiger partial charge in [-0.15, -0.1) is 0 Å². The zero-order valence-corrected chi connectivity index (χ0v) is 13.1. The highest BCUT2D eigenvalue weighted by molar-refractivity contribution is 6.04. The van der Waals surface area contributed by atoms with E-state index in [-0.39, 0.29) is 18.6 Å². The fraction of sp³-hybridized carbons (Fsp3) is 0.316. The average molecular weight is 310 g/mol. The highest BCUT2D eigenvalue weighted by Crippen LogP contribution is 2.20. The van der Waals surface area contributed by atoms with E-state index in [2.05, 4.69) is 10.2 Å². The first-order valence-corrected chi connectivity index (χ1v) is 8.06. The maximum atomic E-state index is 12.4. The van der Waals surface area contributed by atoms with E-state index in [0.29, 0.717) is 5.56 Å². The van der Waals surface area contributed by atoms with Crippen LogP contribution >= 0.6 is 0 Å². The van der Waals surface area contributed by atoms with Crippen LogP contribution in [-0.4, -0.2) is 35.1 Å². The zero-order valence-electron chi connectivity index (χ0n) is 13.1. The summed E-state index contributed by atoms with van der Waals surface area (Å²) in [4.78, 5) is 14.6. The van der Waals surface area contributed by atoms with Gasteiger partial charge >= 0.3 is 0 Å². The Labute approximate surface area is 136 Å². The van der Waals surface area contributed by atoms with Gasteiger partial charge in [0.05, 0.1) is 6.61 Å². The number of para-hydroxylation sites is 1. The maximum absolute atomic E-state index is 12.4. The molecule has 2 N–H and O–H groups in total. The quantitative estimate of drug-likeness (QED) is 0.893. The van der Waals surface area contributed by atoms with Crippen LogP contribution in [0.4, 0.5) is 5.69 Å². The van der Waals surface area contributed by atoms with Crippen LogP contribution in [-0.2, 0) is 6.54 Å². The molecule has 1 aliphatic rings. The summed E-state index contributed by atoms with van der Waals surface area (Å²) in [6, 6.07) is 17.4. The number of hydrogen-bond donors (Lipinski definition) is 2. The highest BCUT2D eigenvalue weighted by Gasteiger charge is 2.23. The first-order chi connectivity index (χ1) is 11.3. The lowest BCUT2D eigenvalue weighted by Gasteiger charge is -2.22. The Hall–Kier alpha value is -2.17. The standard InChI is InChI=1S/C19H22N2O2/c22-14-18-10-5-11-21(18)13-15-6-4-7-16(12-15)19(23)20-17-8-2-1-3-9-17/h1-4,6-9,12,18,22H,5,10-11,13-14H2,(H,20,23)/t18-/m1/s1. The number of benzene rings is 2. The van der Waals surface area contributed by atoms with Crippen molar-refractivity contribution in [3.63, 3.8) is 0 Å². The van der Waals surface area contributed by atoms with E-state index in [1.54, 1.807) is 0 Å². The number of amides is 1. The van der Waals surface area contributed by atoms with Crippen LogP contribution in [0.25, 0.3) is 0 Å². The number of rotatable bonds is 5. The lowest BCUT2D eigenvalue weighted by molar-refractivity contribution is 0.102. The first kappa shape index (κ1) is 15.7. The molecular formula is C19H22N2O2. The fourth-order valence-corrected chi connectivity index (χ4v) is 3.08. The van der Waals surface area contributed by atoms with E-state index >= 15 is 0 Å². The Balaban J connectivity index is 1.68. The lowest BCUT2D eigenvalue weighted by atomic mass is 10.1. The number of carbonyl (C=O) groups excluding carboxylic acids is 1. The van der Waals surface area contributed by atoms with Gasteiger partial charge < -0.3 is 10.4 Å². The van der Waals surface area contributed by atoms with Crippen molar-refractivity contribution in [2.75, 3.05) is 18.5 Å². The van der Waals surface area contributed by atoms with E-state index in [1.165, 1.54) is 0 Å². The number of aliphatic hydroxyl groups is 1. The minimum Gasteiger partial charge on any atom is -0.395 e. The highest BCUT2D eigenvalue weighted by atomic mass is 16.3. The molecule has 4 nitrogen and oxygen atoms in total. The van der Waals surface area contributed by atoms with Crippen molar-refractivity contribution in [2.45, 2.75) is 25.4 Å². The van der Waals surface area contributed by atoms with Gasteiger partial charge in [0.25, 0.3) is 5.91 Å². The molecule has 1 heterocycles. The van der Waals surface area contributed by atoms with Gasteiger partial charge in [-0.3, -0.25) is 9.69 Å². The normalized spacial score (nSPS) is 18.0. The molecule has 0 aromatic heterocycles. The number of aliphatic hydroxyl groups excluding tert-OH is 1. The third-order valence-electron chi connectivity index (χ3n) is 4.32. The summed E-state index contributed by atoms with van der Waals surface area (Å²) in [6.45, 7) is 1.98. The maximum Gasteiger partial charge on any atom is 0.255 e. The average Bonchev–Trinajstić information content (AvgIpc) is 3.03. The molecule has 0 saturated carbocycles. The van der Waals surface area contributed by atoms with Crippen molar-refractivity contribution in [1.29, 1.82) is 0 Å². The number of nitrogens with zero attached hydrogens (tertiary/aromatic N) is 1. The second-order valence-corrected chi connectivity index (χ2v) is 5.97. The Morgan fingerprint density at radius 2 is 2.00 bits per heavy atom. The van der Waals surface area contributed by atoms with Gasteiger partial charge in [0.2, 0.25) is 0 Å². The van der Waals surface area contributed by atoms with E-state index in [9.17, 15) is 9.90 Å². The Morgan fingerprint density at radius 3 is 2.78 bits per heavy atom. The molecule has 2 aromatic carbocycles. The summed E-state index contributed by atoms with van der Waals surface area (Å²) >= 11 is 0. The van der Waals surface area contributed by atoms with Gasteiger partial charge in [0.1, 0.15) is 0 Å². The van der Waals surface area contributed by atoms with Crippen LogP contribution in [0, 0.1) is 0 Å². The van der Waals surface area contributed by atoms with Crippen molar-refractivity contribution < 1.29 is 9.90 Å². The molecule has 2 aromatic rings. The lowest BCUT2D eigenvalue weighted by Crippen LogP contribution is -2.31. The molecule has 1 fully saturated rings. The molecule has 0 spiro atoms. The van der Waals surface area contributed by atoms with Crippen molar-refractivity contribution in [3.05, 3.63) is 65.7 Å². The Bertz CT molecular complexity index is 657. The van der Waals surface area contributed by atoms with Gasteiger partial charge in [-0.2, -0.15) is 0 Å². The molecule has 120 valence electrons. The summed E-state index contributed by atoms with van der Waals surface area (Å²) in [5, 5.41) is 12.3. The first-order valence-electron chi connectivity index (χ1n) is 8.06. The van der Waals surface area contributed by atoms with E-state index in [0.717, 1.165) is 37.2 Å². The predicted molar refractivity (Wildman–Crippen MR) is 91.4 cm³/mol. The van der Waals surface area contributed by atoms with Crippen molar-refractivity contribution in [2.24, 2.45) is 0 Å². The van der Waals surface area contributed by atoms with Crippen LogP contribution in [0.1, 0.15) is 28.8 Å². The SMILES string of the molecule is O=C(Nc1ccccc1)c1cccc(CN2CCC[C@@H]2CO)c1. The van der Waals surface area contributed by atoms with Crippen LogP contribution < -0.4 is 5.32 Å². The molecule has 0 radical (unpaired) electrons. The van der Waals surface area contributed by atoms with E-state index in [4.69, 9.17) is 0 Å². The van der Waals surface area contributed by atoms with Crippen LogP contribution in [0.5, 0.6) is 0 Å². The monoisotopic (exact) mass is 310 g/mol. The smallest absolute Gasteiger partial charge is 0.255 e. The third kappa shape index (κ3) is 3.97. The topological polar surface area (TPSA) is 52.6 Å². The zero-order chi connectivity index (χ0) is 16.1. The predicted octanol–water partition coefficient (Wildman–Crippen LogP) is 2.90. The Kier molecular flexibility index (Phi) is 5.05. The molecule has 23 heavy (non-hydrogen) atoms. The molecule has 3 rings (SSSR count). The van der Waals surface area contributed by atoms with Gasteiger partial charge in [-0.1, -0.05) is 30.3 Å². The van der Waals surface area contributed by atoms with Gasteiger partial charge in [-0.05, 0) is 49.2 Å². The van der Waals surface area contributed by atoms with Crippen LogP contribution in [0.3, 0.4) is 0 Å². The summed E-state index contributed by atoms with van der Waals surface area (Å²) in [5.74, 6) is -0.0989. The summed E-state index contributed by atoms with van der Waals surface area (Å²) < 4.78 is 0. The molecular weight excluding hydrogens is 288 g/mol. The van der Waals surface area contributed by atoms with E-state index < -0.39 is 0 Å². The summed E-state index contributed by atoms with van der Waals surface area (Å²) in [5.41, 5.74) is 2.56. The van der Waals surface area contributed by atoms with Gasteiger partial charge in [0.15, 0.2) is 0 Å². The molecule has 1 amide bonds. The molecule has 0 aliphatic carbocycles. The minimum atomic E-state index is -0.0989. The molecule has 0 unspecified atom stereocenters. The molecule has 1 saturated heterocycles. The molecule has 0 bridgehead atoms. The summed E-state index contributed by atoms with van der Waals surface area (Å²) in [6.07, 6.45) is 2.17. The van der Waals surface area contributed by atoms with Crippen LogP contribution in [0.2, 0.25) is 0 Å². The number of anilines is 1. The van der Waals surface area contributed by atoms with Gasteiger partial charge in [0, 0.05) is 23.8 Å². The number of hydrogen-bond acceptors (Lipinski definition) is 3. The molecule has 4 heteroatoms.